The third-order valence-corrected chi connectivity index (χ3v) is 5.16. The highest BCUT2D eigenvalue weighted by molar-refractivity contribution is 5.65. The lowest BCUT2D eigenvalue weighted by Crippen LogP contribution is -2.23. The van der Waals surface area contributed by atoms with Gasteiger partial charge in [0.15, 0.2) is 11.6 Å². The predicted molar refractivity (Wildman–Crippen MR) is 116 cm³/mol. The monoisotopic (exact) mass is 432 g/mol. The molecule has 8 nitrogen and oxygen atoms in total. The molecule has 0 spiro atoms. The molecule has 0 aliphatic carbocycles. The van der Waals surface area contributed by atoms with Gasteiger partial charge in [-0.2, -0.15) is 5.10 Å². The van der Waals surface area contributed by atoms with Crippen LogP contribution in [0.15, 0.2) is 48.9 Å². The number of aryl methyl sites for hydroxylation is 1. The zero-order chi connectivity index (χ0) is 22.1. The predicted octanol–water partition coefficient (Wildman–Crippen LogP) is 3.60. The van der Waals surface area contributed by atoms with E-state index in [0.717, 1.165) is 16.9 Å². The van der Waals surface area contributed by atoms with Crippen LogP contribution >= 0.6 is 0 Å². The van der Waals surface area contributed by atoms with E-state index in [2.05, 4.69) is 20.1 Å². The first-order valence-electron chi connectivity index (χ1n) is 10.2. The van der Waals surface area contributed by atoms with Crippen molar-refractivity contribution in [1.29, 1.82) is 0 Å². The second kappa shape index (κ2) is 8.35. The van der Waals surface area contributed by atoms with Crippen molar-refractivity contribution in [3.05, 3.63) is 83.3 Å². The normalized spacial score (nSPS) is 15.8. The SMILES string of the molecule is COc1nc(/C=C/c2nc3n(n2)CCO[C@H]3c2ccc(F)cc2)ccc1-n1cnc(C)c1. The van der Waals surface area contributed by atoms with E-state index in [1.165, 1.54) is 12.1 Å². The van der Waals surface area contributed by atoms with E-state index in [1.807, 2.05) is 40.6 Å². The largest absolute Gasteiger partial charge is 0.479 e. The highest BCUT2D eigenvalue weighted by Crippen LogP contribution is 2.28. The first-order chi connectivity index (χ1) is 15.6. The van der Waals surface area contributed by atoms with Crippen molar-refractivity contribution in [2.24, 2.45) is 0 Å². The maximum absolute atomic E-state index is 13.3. The lowest BCUT2D eigenvalue weighted by molar-refractivity contribution is 0.0389. The van der Waals surface area contributed by atoms with Crippen LogP contribution in [-0.2, 0) is 11.3 Å². The van der Waals surface area contributed by atoms with Gasteiger partial charge in [-0.25, -0.2) is 24.0 Å². The minimum absolute atomic E-state index is 0.285. The summed E-state index contributed by atoms with van der Waals surface area (Å²) >= 11 is 0. The zero-order valence-corrected chi connectivity index (χ0v) is 17.6. The van der Waals surface area contributed by atoms with E-state index >= 15 is 0 Å². The Bertz CT molecular complexity index is 1280. The van der Waals surface area contributed by atoms with Crippen molar-refractivity contribution >= 4 is 12.2 Å². The number of aromatic nitrogens is 6. The van der Waals surface area contributed by atoms with Crippen LogP contribution in [0.5, 0.6) is 5.88 Å². The smallest absolute Gasteiger partial charge is 0.238 e. The van der Waals surface area contributed by atoms with E-state index in [4.69, 9.17) is 9.47 Å². The molecule has 0 unspecified atom stereocenters. The van der Waals surface area contributed by atoms with E-state index in [1.54, 1.807) is 31.6 Å². The quantitative estimate of drug-likeness (QED) is 0.479. The molecule has 0 bridgehead atoms. The van der Waals surface area contributed by atoms with Gasteiger partial charge in [0.1, 0.15) is 17.6 Å². The van der Waals surface area contributed by atoms with Crippen LogP contribution in [0.3, 0.4) is 0 Å². The van der Waals surface area contributed by atoms with Crippen molar-refractivity contribution in [1.82, 2.24) is 29.3 Å². The number of pyridine rings is 1. The summed E-state index contributed by atoms with van der Waals surface area (Å²) in [6.45, 7) is 3.05. The number of fused-ring (bicyclic) bond motifs is 1. The van der Waals surface area contributed by atoms with Crippen LogP contribution in [0.2, 0.25) is 0 Å². The molecule has 0 radical (unpaired) electrons. The number of rotatable bonds is 5. The van der Waals surface area contributed by atoms with Crippen molar-refractivity contribution in [2.75, 3.05) is 13.7 Å². The van der Waals surface area contributed by atoms with Gasteiger partial charge in [0.25, 0.3) is 0 Å². The van der Waals surface area contributed by atoms with Gasteiger partial charge in [-0.15, -0.1) is 0 Å². The van der Waals surface area contributed by atoms with Crippen molar-refractivity contribution in [2.45, 2.75) is 19.6 Å². The lowest BCUT2D eigenvalue weighted by Gasteiger charge is -2.23. The van der Waals surface area contributed by atoms with Crippen molar-refractivity contribution < 1.29 is 13.9 Å². The average Bonchev–Trinajstić information content (AvgIpc) is 3.43. The molecule has 3 aromatic heterocycles. The van der Waals surface area contributed by atoms with E-state index < -0.39 is 0 Å². The van der Waals surface area contributed by atoms with Gasteiger partial charge in [-0.3, -0.25) is 0 Å². The van der Waals surface area contributed by atoms with Crippen molar-refractivity contribution in [3.8, 4) is 11.6 Å². The van der Waals surface area contributed by atoms with Gasteiger partial charge in [0.05, 0.1) is 38.0 Å². The number of imidazole rings is 1. The first kappa shape index (κ1) is 20.1. The maximum Gasteiger partial charge on any atom is 0.238 e. The average molecular weight is 432 g/mol. The van der Waals surface area contributed by atoms with Crippen LogP contribution in [0, 0.1) is 12.7 Å². The Kier molecular flexibility index (Phi) is 5.24. The lowest BCUT2D eigenvalue weighted by atomic mass is 10.1. The van der Waals surface area contributed by atoms with Gasteiger partial charge in [0.2, 0.25) is 5.88 Å². The van der Waals surface area contributed by atoms with Crippen LogP contribution in [0.25, 0.3) is 17.8 Å². The van der Waals surface area contributed by atoms with E-state index in [-0.39, 0.29) is 11.9 Å². The Morgan fingerprint density at radius 3 is 2.72 bits per heavy atom. The molecule has 1 atom stereocenters. The molecule has 1 aromatic carbocycles. The second-order valence-corrected chi connectivity index (χ2v) is 7.37. The van der Waals surface area contributed by atoms with E-state index in [9.17, 15) is 4.39 Å². The Labute approximate surface area is 184 Å². The van der Waals surface area contributed by atoms with Gasteiger partial charge in [-0.1, -0.05) is 12.1 Å². The van der Waals surface area contributed by atoms with Crippen molar-refractivity contribution in [3.63, 3.8) is 0 Å². The fourth-order valence-electron chi connectivity index (χ4n) is 3.62. The van der Waals surface area contributed by atoms with Gasteiger partial charge >= 0.3 is 0 Å². The molecule has 5 rings (SSSR count). The number of hydrogen-bond acceptors (Lipinski definition) is 6. The summed E-state index contributed by atoms with van der Waals surface area (Å²) in [5, 5.41) is 4.56. The Hall–Kier alpha value is -3.85. The number of hydrogen-bond donors (Lipinski definition) is 0. The molecule has 9 heteroatoms. The highest BCUT2D eigenvalue weighted by Gasteiger charge is 2.26. The third-order valence-electron chi connectivity index (χ3n) is 5.16. The van der Waals surface area contributed by atoms with E-state index in [0.29, 0.717) is 36.4 Å². The molecule has 0 saturated carbocycles. The molecule has 32 heavy (non-hydrogen) atoms. The van der Waals surface area contributed by atoms with Crippen LogP contribution in [-0.4, -0.2) is 43.0 Å². The molecule has 0 N–H and O–H groups in total. The van der Waals surface area contributed by atoms with Gasteiger partial charge in [-0.05, 0) is 48.9 Å². The van der Waals surface area contributed by atoms with Crippen LogP contribution < -0.4 is 4.74 Å². The summed E-state index contributed by atoms with van der Waals surface area (Å²) in [4.78, 5) is 13.4. The Balaban J connectivity index is 1.40. The maximum atomic E-state index is 13.3. The number of methoxy groups -OCH3 is 1. The topological polar surface area (TPSA) is 79.9 Å². The summed E-state index contributed by atoms with van der Waals surface area (Å²) in [5.41, 5.74) is 3.27. The molecule has 0 amide bonds. The van der Waals surface area contributed by atoms with Crippen LogP contribution in [0.1, 0.15) is 34.7 Å². The highest BCUT2D eigenvalue weighted by atomic mass is 19.1. The fraction of sp³-hybridized carbons (Fsp3) is 0.217. The second-order valence-electron chi connectivity index (χ2n) is 7.37. The minimum Gasteiger partial charge on any atom is -0.479 e. The van der Waals surface area contributed by atoms with Crippen LogP contribution in [0.4, 0.5) is 4.39 Å². The summed E-state index contributed by atoms with van der Waals surface area (Å²) in [6, 6.07) is 10.1. The third kappa shape index (κ3) is 3.90. The molecule has 1 aliphatic rings. The summed E-state index contributed by atoms with van der Waals surface area (Å²) in [5.74, 6) is 1.45. The van der Waals surface area contributed by atoms with Gasteiger partial charge in [0, 0.05) is 6.20 Å². The molecule has 4 aromatic rings. The number of nitrogens with zero attached hydrogens (tertiary/aromatic N) is 6. The zero-order valence-electron chi connectivity index (χ0n) is 17.6. The minimum atomic E-state index is -0.380. The molecular formula is C23H21FN6O2. The summed E-state index contributed by atoms with van der Waals surface area (Å²) in [6.07, 6.45) is 6.89. The molecule has 0 fully saturated rings. The number of halogens is 1. The standard InChI is InChI=1S/C23H21FN6O2/c1-15-13-29(14-25-15)19-9-7-18(26-23(19)31-2)8-10-20-27-22-21(32-12-11-30(22)28-20)16-3-5-17(24)6-4-16/h3-10,13-14,21H,11-12H2,1-2H3/b10-8+/t21-/m0/s1. The Morgan fingerprint density at radius 1 is 1.12 bits per heavy atom. The first-order valence-corrected chi connectivity index (χ1v) is 10.2. The van der Waals surface area contributed by atoms with Gasteiger partial charge < -0.3 is 14.0 Å². The number of benzene rings is 1. The molecular weight excluding hydrogens is 411 g/mol. The fourth-order valence-corrected chi connectivity index (χ4v) is 3.62. The molecule has 0 saturated heterocycles. The molecule has 4 heterocycles. The summed E-state index contributed by atoms with van der Waals surface area (Å²) in [7, 11) is 1.59. The molecule has 162 valence electrons. The molecule has 1 aliphatic heterocycles. The Morgan fingerprint density at radius 2 is 1.97 bits per heavy atom. The summed E-state index contributed by atoms with van der Waals surface area (Å²) < 4.78 is 28.3. The number of ether oxygens (including phenoxy) is 2.